The Morgan fingerprint density at radius 2 is 1.65 bits per heavy atom. The topological polar surface area (TPSA) is 66.5 Å². The SMILES string of the molecule is O=C(Nc1cc(C(F)(F)F)ccc1Cl)[C@H](Cc1ccccc1)N1C(=O)[C@@H]2[C@H](C1=O)[C@H]1C=C[C@H]2C1. The van der Waals surface area contributed by atoms with Crippen molar-refractivity contribution in [2.24, 2.45) is 23.7 Å². The Balaban J connectivity index is 1.47. The molecular weight excluding hydrogens is 469 g/mol. The minimum atomic E-state index is -4.63. The van der Waals surface area contributed by atoms with Crippen LogP contribution in [0.2, 0.25) is 5.02 Å². The van der Waals surface area contributed by atoms with E-state index in [1.807, 2.05) is 12.2 Å². The molecule has 9 heteroatoms. The third-order valence-electron chi connectivity index (χ3n) is 6.94. The maximum Gasteiger partial charge on any atom is 0.416 e. The van der Waals surface area contributed by atoms with Gasteiger partial charge < -0.3 is 5.32 Å². The minimum absolute atomic E-state index is 0.0307. The lowest BCUT2D eigenvalue weighted by molar-refractivity contribution is -0.147. The van der Waals surface area contributed by atoms with Crippen molar-refractivity contribution >= 4 is 35.0 Å². The van der Waals surface area contributed by atoms with Crippen LogP contribution in [0.15, 0.2) is 60.7 Å². The predicted octanol–water partition coefficient (Wildman–Crippen LogP) is 4.72. The van der Waals surface area contributed by atoms with E-state index in [0.29, 0.717) is 5.56 Å². The van der Waals surface area contributed by atoms with Crippen LogP contribution in [0.5, 0.6) is 0 Å². The second kappa shape index (κ2) is 8.27. The zero-order chi connectivity index (χ0) is 24.2. The lowest BCUT2D eigenvalue weighted by Gasteiger charge is -2.27. The summed E-state index contributed by atoms with van der Waals surface area (Å²) in [5.41, 5.74) is -0.505. The number of alkyl halides is 3. The highest BCUT2D eigenvalue weighted by atomic mass is 35.5. The van der Waals surface area contributed by atoms with Gasteiger partial charge in [0.15, 0.2) is 0 Å². The Labute approximate surface area is 198 Å². The number of halogens is 4. The largest absolute Gasteiger partial charge is 0.416 e. The Morgan fingerprint density at radius 3 is 2.24 bits per heavy atom. The lowest BCUT2D eigenvalue weighted by Crippen LogP contribution is -2.49. The first-order chi connectivity index (χ1) is 16.1. The molecule has 3 aliphatic rings. The summed E-state index contributed by atoms with van der Waals surface area (Å²) in [5, 5.41) is 2.35. The van der Waals surface area contributed by atoms with Crippen molar-refractivity contribution in [1.82, 2.24) is 4.90 Å². The van der Waals surface area contributed by atoms with Gasteiger partial charge in [-0.2, -0.15) is 13.2 Å². The van der Waals surface area contributed by atoms with Crippen LogP contribution in [-0.2, 0) is 27.0 Å². The number of anilines is 1. The number of fused-ring (bicyclic) bond motifs is 5. The zero-order valence-electron chi connectivity index (χ0n) is 17.8. The van der Waals surface area contributed by atoms with Gasteiger partial charge in [-0.25, -0.2) is 0 Å². The fraction of sp³-hybridized carbons (Fsp3) is 0.320. The Hall–Kier alpha value is -3.13. The van der Waals surface area contributed by atoms with Crippen molar-refractivity contribution in [2.75, 3.05) is 5.32 Å². The molecule has 0 spiro atoms. The number of rotatable bonds is 5. The van der Waals surface area contributed by atoms with E-state index in [9.17, 15) is 27.6 Å². The van der Waals surface area contributed by atoms with Gasteiger partial charge in [-0.3, -0.25) is 19.3 Å². The molecule has 34 heavy (non-hydrogen) atoms. The van der Waals surface area contributed by atoms with E-state index < -0.39 is 47.3 Å². The average molecular weight is 489 g/mol. The monoisotopic (exact) mass is 488 g/mol. The number of nitrogens with zero attached hydrogens (tertiary/aromatic N) is 1. The number of carbonyl (C=O) groups is 3. The lowest BCUT2D eigenvalue weighted by atomic mass is 9.85. The summed E-state index contributed by atoms with van der Waals surface area (Å²) in [6.07, 6.45) is 0.0570. The molecule has 1 saturated carbocycles. The van der Waals surface area contributed by atoms with E-state index in [0.717, 1.165) is 29.5 Å². The standard InChI is InChI=1S/C25H20ClF3N2O3/c26-17-9-8-16(25(27,28)29)12-18(17)30-22(32)19(10-13-4-2-1-3-5-13)31-23(33)20-14-6-7-15(11-14)21(20)24(31)34/h1-9,12,14-15,19-21H,10-11H2,(H,30,32)/t14-,15-,19-,20-,21+/m0/s1. The average Bonchev–Trinajstić information content (AvgIpc) is 3.47. The summed E-state index contributed by atoms with van der Waals surface area (Å²) in [6, 6.07) is 10.2. The van der Waals surface area contributed by atoms with Crippen LogP contribution >= 0.6 is 11.6 Å². The Morgan fingerprint density at radius 1 is 1.03 bits per heavy atom. The molecule has 5 rings (SSSR count). The summed E-state index contributed by atoms with van der Waals surface area (Å²) >= 11 is 6.06. The highest BCUT2D eigenvalue weighted by Gasteiger charge is 2.61. The summed E-state index contributed by atoms with van der Waals surface area (Å²) in [7, 11) is 0. The van der Waals surface area contributed by atoms with Crippen molar-refractivity contribution in [3.05, 3.63) is 76.8 Å². The summed E-state index contributed by atoms with van der Waals surface area (Å²) in [5.74, 6) is -2.63. The normalized spacial score (nSPS) is 26.2. The van der Waals surface area contributed by atoms with Crippen LogP contribution in [0, 0.1) is 23.7 Å². The first-order valence-electron chi connectivity index (χ1n) is 10.9. The highest BCUT2D eigenvalue weighted by molar-refractivity contribution is 6.33. The van der Waals surface area contributed by atoms with E-state index >= 15 is 0 Å². The summed E-state index contributed by atoms with van der Waals surface area (Å²) < 4.78 is 39.5. The van der Waals surface area contributed by atoms with E-state index in [4.69, 9.17) is 11.6 Å². The van der Waals surface area contributed by atoms with Gasteiger partial charge in [0.05, 0.1) is 28.1 Å². The van der Waals surface area contributed by atoms with Crippen LogP contribution in [0.1, 0.15) is 17.5 Å². The fourth-order valence-electron chi connectivity index (χ4n) is 5.38. The smallest absolute Gasteiger partial charge is 0.323 e. The van der Waals surface area contributed by atoms with Crippen LogP contribution in [-0.4, -0.2) is 28.7 Å². The minimum Gasteiger partial charge on any atom is -0.323 e. The van der Waals surface area contributed by atoms with Crippen LogP contribution < -0.4 is 5.32 Å². The molecule has 0 aromatic heterocycles. The van der Waals surface area contributed by atoms with Gasteiger partial charge in [-0.1, -0.05) is 54.1 Å². The maximum absolute atomic E-state index is 13.4. The summed E-state index contributed by atoms with van der Waals surface area (Å²) in [6.45, 7) is 0. The van der Waals surface area contributed by atoms with Gasteiger partial charge in [0.1, 0.15) is 6.04 Å². The van der Waals surface area contributed by atoms with Gasteiger partial charge >= 0.3 is 6.18 Å². The van der Waals surface area contributed by atoms with E-state index in [1.165, 1.54) is 0 Å². The Bertz CT molecular complexity index is 1170. The second-order valence-electron chi connectivity index (χ2n) is 8.93. The van der Waals surface area contributed by atoms with Gasteiger partial charge in [0.25, 0.3) is 0 Å². The molecule has 2 aromatic carbocycles. The van der Waals surface area contributed by atoms with E-state index in [-0.39, 0.29) is 29.0 Å². The first-order valence-corrected chi connectivity index (χ1v) is 11.3. The van der Waals surface area contributed by atoms with Crippen molar-refractivity contribution in [2.45, 2.75) is 25.1 Å². The molecule has 176 valence electrons. The van der Waals surface area contributed by atoms with Crippen molar-refractivity contribution in [3.63, 3.8) is 0 Å². The quantitative estimate of drug-likeness (QED) is 0.489. The molecule has 1 aliphatic heterocycles. The molecule has 2 fully saturated rings. The number of imide groups is 1. The third-order valence-corrected chi connectivity index (χ3v) is 7.27. The zero-order valence-corrected chi connectivity index (χ0v) is 18.5. The number of hydrogen-bond acceptors (Lipinski definition) is 3. The van der Waals surface area contributed by atoms with Gasteiger partial charge in [0, 0.05) is 6.42 Å². The molecule has 5 atom stereocenters. The van der Waals surface area contributed by atoms with Crippen molar-refractivity contribution in [3.8, 4) is 0 Å². The Kier molecular flexibility index (Phi) is 5.51. The maximum atomic E-state index is 13.4. The van der Waals surface area contributed by atoms with Crippen molar-refractivity contribution in [1.29, 1.82) is 0 Å². The van der Waals surface area contributed by atoms with Gasteiger partial charge in [-0.15, -0.1) is 0 Å². The van der Waals surface area contributed by atoms with Crippen LogP contribution in [0.25, 0.3) is 0 Å². The number of carbonyl (C=O) groups excluding carboxylic acids is 3. The molecule has 1 heterocycles. The first kappa shape index (κ1) is 22.7. The number of nitrogens with one attached hydrogen (secondary N) is 1. The number of hydrogen-bond donors (Lipinski definition) is 1. The van der Waals surface area contributed by atoms with Gasteiger partial charge in [-0.05, 0) is 42.0 Å². The second-order valence-corrected chi connectivity index (χ2v) is 9.34. The van der Waals surface area contributed by atoms with Crippen molar-refractivity contribution < 1.29 is 27.6 Å². The van der Waals surface area contributed by atoms with Crippen LogP contribution in [0.4, 0.5) is 18.9 Å². The number of allylic oxidation sites excluding steroid dienone is 2. The molecule has 1 N–H and O–H groups in total. The molecular formula is C25H20ClF3N2O3. The number of benzene rings is 2. The molecule has 2 bridgehead atoms. The molecule has 2 aromatic rings. The van der Waals surface area contributed by atoms with E-state index in [1.54, 1.807) is 30.3 Å². The molecule has 0 radical (unpaired) electrons. The molecule has 2 aliphatic carbocycles. The highest BCUT2D eigenvalue weighted by Crippen LogP contribution is 2.53. The molecule has 3 amide bonds. The number of amides is 3. The molecule has 5 nitrogen and oxygen atoms in total. The van der Waals surface area contributed by atoms with Crippen LogP contribution in [0.3, 0.4) is 0 Å². The third kappa shape index (κ3) is 3.79. The fourth-order valence-corrected chi connectivity index (χ4v) is 5.55. The summed E-state index contributed by atoms with van der Waals surface area (Å²) in [4.78, 5) is 41.1. The molecule has 0 unspecified atom stereocenters. The molecule has 1 saturated heterocycles. The van der Waals surface area contributed by atoms with E-state index in [2.05, 4.69) is 5.32 Å². The van der Waals surface area contributed by atoms with Gasteiger partial charge in [0.2, 0.25) is 17.7 Å². The predicted molar refractivity (Wildman–Crippen MR) is 119 cm³/mol. The number of likely N-dealkylation sites (tertiary alicyclic amines) is 1.